The number of carbonyl (C=O) groups is 1. The van der Waals surface area contributed by atoms with Gasteiger partial charge in [-0.05, 0) is 69.2 Å². The van der Waals surface area contributed by atoms with E-state index in [1.54, 1.807) is 30.3 Å². The number of hydrogen-bond donors (Lipinski definition) is 1. The van der Waals surface area contributed by atoms with E-state index in [1.165, 1.54) is 36.0 Å². The van der Waals surface area contributed by atoms with Crippen molar-refractivity contribution in [2.75, 3.05) is 7.11 Å². The first-order valence-electron chi connectivity index (χ1n) is 10.0. The van der Waals surface area contributed by atoms with Gasteiger partial charge in [-0.1, -0.05) is 26.0 Å². The lowest BCUT2D eigenvalue weighted by molar-refractivity contribution is -0.114. The summed E-state index contributed by atoms with van der Waals surface area (Å²) in [5.74, 6) is 0.241. The standard InChI is InChI=1S/C23H20BrFN4O3S/c1-12(2)22-28-29-20(26)16(21(30)27-23(29)33-22)8-14-9-17(24)19(18(10-14)31-3)32-11-13-4-6-15(25)7-5-13/h4-10,12,26H,11H2,1-3H3/b16-8-,26-20?. The highest BCUT2D eigenvalue weighted by Gasteiger charge is 2.36. The highest BCUT2D eigenvalue weighted by Crippen LogP contribution is 2.38. The van der Waals surface area contributed by atoms with Crippen LogP contribution < -0.4 is 9.47 Å². The molecule has 1 amide bonds. The Morgan fingerprint density at radius 1 is 1.27 bits per heavy atom. The van der Waals surface area contributed by atoms with E-state index in [1.807, 2.05) is 13.8 Å². The van der Waals surface area contributed by atoms with E-state index in [2.05, 4.69) is 26.0 Å². The van der Waals surface area contributed by atoms with Crippen LogP contribution in [0.2, 0.25) is 0 Å². The second-order valence-electron chi connectivity index (χ2n) is 7.56. The van der Waals surface area contributed by atoms with Gasteiger partial charge in [0.2, 0.25) is 5.17 Å². The molecule has 2 aliphatic heterocycles. The molecule has 0 spiro atoms. The maximum atomic E-state index is 13.1. The molecule has 0 saturated carbocycles. The van der Waals surface area contributed by atoms with Crippen molar-refractivity contribution in [1.29, 1.82) is 5.41 Å². The Bertz CT molecular complexity index is 1220. The minimum absolute atomic E-state index is 0.0279. The molecular weight excluding hydrogens is 511 g/mol. The van der Waals surface area contributed by atoms with Crippen LogP contribution >= 0.6 is 27.7 Å². The third-order valence-corrected chi connectivity index (χ3v) is 6.62. The molecule has 170 valence electrons. The lowest BCUT2D eigenvalue weighted by Gasteiger charge is -2.20. The topological polar surface area (TPSA) is 87.3 Å². The molecule has 2 aromatic rings. The van der Waals surface area contributed by atoms with Gasteiger partial charge in [-0.15, -0.1) is 0 Å². The third kappa shape index (κ3) is 4.86. The summed E-state index contributed by atoms with van der Waals surface area (Å²) in [6.45, 7) is 4.21. The average molecular weight is 531 g/mol. The molecule has 1 N–H and O–H groups in total. The minimum Gasteiger partial charge on any atom is -0.493 e. The summed E-state index contributed by atoms with van der Waals surface area (Å²) >= 11 is 4.80. The van der Waals surface area contributed by atoms with Crippen molar-refractivity contribution < 1.29 is 18.7 Å². The quantitative estimate of drug-likeness (QED) is 0.501. The molecule has 0 aliphatic carbocycles. The second kappa shape index (κ2) is 9.48. The fraction of sp³-hybridized carbons (Fsp3) is 0.217. The number of thioether (sulfide) groups is 1. The second-order valence-corrected chi connectivity index (χ2v) is 9.40. The molecule has 0 bridgehead atoms. The number of halogens is 2. The Balaban J connectivity index is 1.60. The van der Waals surface area contributed by atoms with Gasteiger partial charge in [0.15, 0.2) is 17.3 Å². The van der Waals surface area contributed by atoms with Crippen molar-refractivity contribution in [1.82, 2.24) is 5.01 Å². The van der Waals surface area contributed by atoms with Gasteiger partial charge in [0.05, 0.1) is 17.2 Å². The van der Waals surface area contributed by atoms with Crippen molar-refractivity contribution in [3.8, 4) is 11.5 Å². The maximum absolute atomic E-state index is 13.1. The Morgan fingerprint density at radius 3 is 2.67 bits per heavy atom. The number of aliphatic imine (C=N–C) groups is 1. The molecule has 0 unspecified atom stereocenters. The minimum atomic E-state index is -0.495. The maximum Gasteiger partial charge on any atom is 0.283 e. The summed E-state index contributed by atoms with van der Waals surface area (Å²) < 4.78 is 25.1. The summed E-state index contributed by atoms with van der Waals surface area (Å²) in [5, 5.41) is 15.5. The van der Waals surface area contributed by atoms with Gasteiger partial charge in [-0.2, -0.15) is 15.1 Å². The van der Waals surface area contributed by atoms with E-state index < -0.39 is 5.91 Å². The molecule has 33 heavy (non-hydrogen) atoms. The van der Waals surface area contributed by atoms with Crippen molar-refractivity contribution in [3.05, 3.63) is 63.4 Å². The number of fused-ring (bicyclic) bond motifs is 1. The summed E-state index contributed by atoms with van der Waals surface area (Å²) in [7, 11) is 1.51. The van der Waals surface area contributed by atoms with Gasteiger partial charge in [-0.25, -0.2) is 4.39 Å². The van der Waals surface area contributed by atoms with Crippen LogP contribution in [0, 0.1) is 17.1 Å². The number of ether oxygens (including phenoxy) is 2. The zero-order valence-corrected chi connectivity index (χ0v) is 20.5. The first-order valence-corrected chi connectivity index (χ1v) is 11.6. The molecule has 10 heteroatoms. The number of carbonyl (C=O) groups excluding carboxylic acids is 1. The van der Waals surface area contributed by atoms with Gasteiger partial charge in [-0.3, -0.25) is 10.2 Å². The molecule has 7 nitrogen and oxygen atoms in total. The Labute approximate surface area is 203 Å². The normalized spacial score (nSPS) is 16.8. The number of methoxy groups -OCH3 is 1. The van der Waals surface area contributed by atoms with E-state index in [0.717, 1.165) is 10.6 Å². The average Bonchev–Trinajstić information content (AvgIpc) is 3.21. The van der Waals surface area contributed by atoms with Crippen LogP contribution in [0.15, 0.2) is 56.5 Å². The predicted octanol–water partition coefficient (Wildman–Crippen LogP) is 5.45. The van der Waals surface area contributed by atoms with E-state index in [4.69, 9.17) is 14.9 Å². The van der Waals surface area contributed by atoms with Crippen molar-refractivity contribution >= 4 is 55.7 Å². The number of nitrogens with one attached hydrogen (secondary N) is 1. The molecule has 0 radical (unpaired) electrons. The number of benzene rings is 2. The van der Waals surface area contributed by atoms with Crippen LogP contribution in [0.1, 0.15) is 25.0 Å². The van der Waals surface area contributed by atoms with Gasteiger partial charge >= 0.3 is 0 Å². The van der Waals surface area contributed by atoms with Crippen LogP contribution in [0.4, 0.5) is 4.39 Å². The molecule has 4 rings (SSSR count). The largest absolute Gasteiger partial charge is 0.493 e. The number of nitrogens with zero attached hydrogens (tertiary/aromatic N) is 3. The fourth-order valence-corrected chi connectivity index (χ4v) is 4.57. The molecular formula is C23H20BrFN4O3S. The lowest BCUT2D eigenvalue weighted by Crippen LogP contribution is -2.35. The summed E-state index contributed by atoms with van der Waals surface area (Å²) in [5.41, 5.74) is 1.55. The van der Waals surface area contributed by atoms with Crippen molar-refractivity contribution in [3.63, 3.8) is 0 Å². The van der Waals surface area contributed by atoms with E-state index in [9.17, 15) is 9.18 Å². The predicted molar refractivity (Wildman–Crippen MR) is 131 cm³/mol. The van der Waals surface area contributed by atoms with E-state index in [0.29, 0.717) is 26.7 Å². The number of amidine groups is 2. The summed E-state index contributed by atoms with van der Waals surface area (Å²) in [6, 6.07) is 9.51. The van der Waals surface area contributed by atoms with Gasteiger partial charge in [0.25, 0.3) is 5.91 Å². The Morgan fingerprint density at radius 2 is 2.00 bits per heavy atom. The molecule has 0 atom stereocenters. The number of amides is 1. The summed E-state index contributed by atoms with van der Waals surface area (Å²) in [6.07, 6.45) is 1.58. The van der Waals surface area contributed by atoms with Gasteiger partial charge in [0, 0.05) is 5.92 Å². The first-order chi connectivity index (χ1) is 15.8. The van der Waals surface area contributed by atoms with E-state index >= 15 is 0 Å². The number of hydrazone groups is 1. The van der Waals surface area contributed by atoms with E-state index in [-0.39, 0.29) is 29.8 Å². The molecule has 2 aromatic carbocycles. The molecule has 0 aromatic heterocycles. The van der Waals surface area contributed by atoms with Crippen molar-refractivity contribution in [2.24, 2.45) is 16.0 Å². The van der Waals surface area contributed by atoms with Gasteiger partial charge < -0.3 is 9.47 Å². The Hall–Kier alpha value is -2.98. The molecule has 2 heterocycles. The molecule has 0 fully saturated rings. The lowest BCUT2D eigenvalue weighted by atomic mass is 10.1. The van der Waals surface area contributed by atoms with Crippen LogP contribution in [0.5, 0.6) is 11.5 Å². The van der Waals surface area contributed by atoms with Crippen LogP contribution in [0.25, 0.3) is 6.08 Å². The zero-order valence-electron chi connectivity index (χ0n) is 18.1. The SMILES string of the molecule is COc1cc(/C=C2/C(=N)N3N=C(C(C)C)SC3=NC2=O)cc(Br)c1OCc1ccc(F)cc1. The van der Waals surface area contributed by atoms with Crippen LogP contribution in [-0.4, -0.2) is 34.1 Å². The van der Waals surface area contributed by atoms with Gasteiger partial charge in [0.1, 0.15) is 17.5 Å². The fourth-order valence-electron chi connectivity index (χ4n) is 3.11. The highest BCUT2D eigenvalue weighted by molar-refractivity contribution is 9.10. The summed E-state index contributed by atoms with van der Waals surface area (Å²) in [4.78, 5) is 16.7. The molecule has 2 aliphatic rings. The Kier molecular flexibility index (Phi) is 6.66. The number of hydrogen-bond acceptors (Lipinski definition) is 6. The molecule has 0 saturated heterocycles. The smallest absolute Gasteiger partial charge is 0.283 e. The van der Waals surface area contributed by atoms with Crippen LogP contribution in [0.3, 0.4) is 0 Å². The monoisotopic (exact) mass is 530 g/mol. The highest BCUT2D eigenvalue weighted by atomic mass is 79.9. The number of rotatable bonds is 6. The third-order valence-electron chi connectivity index (χ3n) is 4.82. The van der Waals surface area contributed by atoms with Crippen LogP contribution in [-0.2, 0) is 11.4 Å². The first kappa shape index (κ1) is 23.2. The van der Waals surface area contributed by atoms with Crippen molar-refractivity contribution in [2.45, 2.75) is 20.5 Å². The zero-order chi connectivity index (χ0) is 23.7.